The fourth-order valence-electron chi connectivity index (χ4n) is 4.76. The summed E-state index contributed by atoms with van der Waals surface area (Å²) in [6.07, 6.45) is 5.51. The maximum atomic E-state index is 13.0. The zero-order valence-corrected chi connectivity index (χ0v) is 24.6. The van der Waals surface area contributed by atoms with Crippen LogP contribution in [0, 0.1) is 6.92 Å². The average molecular weight is 572 g/mol. The molecule has 0 bridgehead atoms. The highest BCUT2D eigenvalue weighted by Gasteiger charge is 2.25. The molecule has 3 aromatic heterocycles. The van der Waals surface area contributed by atoms with E-state index in [-0.39, 0.29) is 18.1 Å². The minimum atomic E-state index is -0.820. The summed E-state index contributed by atoms with van der Waals surface area (Å²) in [4.78, 5) is 46.2. The molecule has 2 aliphatic heterocycles. The number of piperazine rings is 1. The lowest BCUT2D eigenvalue weighted by Gasteiger charge is -2.34. The Morgan fingerprint density at radius 3 is 2.49 bits per heavy atom. The highest BCUT2D eigenvalue weighted by atomic mass is 32.1. The van der Waals surface area contributed by atoms with E-state index in [0.29, 0.717) is 43.2 Å². The summed E-state index contributed by atoms with van der Waals surface area (Å²) in [6.45, 7) is 12.9. The Morgan fingerprint density at radius 2 is 1.90 bits per heavy atom. The number of amides is 1. The highest BCUT2D eigenvalue weighted by molar-refractivity contribution is 7.17. The molecule has 2 aliphatic rings. The number of aromatic nitrogens is 3. The van der Waals surface area contributed by atoms with Gasteiger partial charge >= 0.3 is 5.97 Å². The third-order valence-corrected chi connectivity index (χ3v) is 8.86. The second-order valence-electron chi connectivity index (χ2n) is 9.61. The molecule has 0 radical (unpaired) electrons. The standard InChI is InChI=1S/C25H31N7O3S2.C2H6/c1-16-10-19(36-15-16)23-20(13-32-5-3-4-17(32)2)37-25(28-23)29-24(35)18-11-27-21(12-26-18)31-8-6-30(7-9-31)14-22(33)34;1-2/h10-12,15,17H,3-9,13-14H2,1-2H3,(H,33,34)(H,28,29,35);1-2H3. The molecule has 0 aromatic carbocycles. The summed E-state index contributed by atoms with van der Waals surface area (Å²) in [6, 6.07) is 2.69. The lowest BCUT2D eigenvalue weighted by atomic mass is 10.2. The van der Waals surface area contributed by atoms with Gasteiger partial charge in [0.05, 0.1) is 29.5 Å². The van der Waals surface area contributed by atoms with Crippen LogP contribution in [0.4, 0.5) is 10.9 Å². The largest absolute Gasteiger partial charge is 0.480 e. The van der Waals surface area contributed by atoms with Crippen LogP contribution in [0.2, 0.25) is 0 Å². The monoisotopic (exact) mass is 571 g/mol. The van der Waals surface area contributed by atoms with E-state index in [2.05, 4.69) is 50.4 Å². The van der Waals surface area contributed by atoms with Crippen molar-refractivity contribution >= 4 is 45.5 Å². The zero-order chi connectivity index (χ0) is 27.9. The number of carbonyl (C=O) groups is 2. The Bertz CT molecular complexity index is 1250. The van der Waals surface area contributed by atoms with Crippen LogP contribution >= 0.6 is 22.7 Å². The van der Waals surface area contributed by atoms with Gasteiger partial charge in [-0.05, 0) is 50.2 Å². The third-order valence-electron chi connectivity index (χ3n) is 6.85. The van der Waals surface area contributed by atoms with E-state index < -0.39 is 5.97 Å². The van der Waals surface area contributed by atoms with Crippen LogP contribution in [0.15, 0.2) is 23.8 Å². The molecule has 2 saturated heterocycles. The minimum absolute atomic E-state index is 0.0436. The van der Waals surface area contributed by atoms with Gasteiger partial charge < -0.3 is 10.0 Å². The van der Waals surface area contributed by atoms with Crippen molar-refractivity contribution < 1.29 is 14.7 Å². The number of rotatable bonds is 8. The molecule has 0 saturated carbocycles. The number of carboxylic acid groups (broad SMARTS) is 1. The number of hydrogen-bond acceptors (Lipinski definition) is 10. The van der Waals surface area contributed by atoms with Crippen molar-refractivity contribution in [3.05, 3.63) is 40.0 Å². The van der Waals surface area contributed by atoms with Gasteiger partial charge in [-0.15, -0.1) is 11.3 Å². The van der Waals surface area contributed by atoms with Crippen molar-refractivity contribution in [1.29, 1.82) is 0 Å². The molecule has 10 nitrogen and oxygen atoms in total. The van der Waals surface area contributed by atoms with Crippen LogP contribution in [-0.2, 0) is 11.3 Å². The number of aliphatic carboxylic acids is 1. The van der Waals surface area contributed by atoms with Crippen molar-refractivity contribution in [2.24, 2.45) is 0 Å². The smallest absolute Gasteiger partial charge is 0.317 e. The minimum Gasteiger partial charge on any atom is -0.480 e. The lowest BCUT2D eigenvalue weighted by Crippen LogP contribution is -2.48. The summed E-state index contributed by atoms with van der Waals surface area (Å²) in [5.74, 6) is -0.480. The van der Waals surface area contributed by atoms with Gasteiger partial charge in [-0.1, -0.05) is 25.2 Å². The van der Waals surface area contributed by atoms with Crippen LogP contribution in [0.1, 0.15) is 54.5 Å². The molecule has 5 rings (SSSR count). The van der Waals surface area contributed by atoms with E-state index in [1.54, 1.807) is 17.5 Å². The maximum Gasteiger partial charge on any atom is 0.317 e. The fourth-order valence-corrected chi connectivity index (χ4v) is 6.74. The van der Waals surface area contributed by atoms with Gasteiger partial charge in [0.15, 0.2) is 5.13 Å². The predicted molar refractivity (Wildman–Crippen MR) is 157 cm³/mol. The number of hydrogen-bond donors (Lipinski definition) is 2. The number of anilines is 2. The van der Waals surface area contributed by atoms with Gasteiger partial charge in [-0.3, -0.25) is 24.7 Å². The SMILES string of the molecule is CC.Cc1csc(-c2nc(NC(=O)c3cnc(N4CCN(CC(=O)O)CC4)cn3)sc2CN2CCCC2C)c1. The number of nitrogens with one attached hydrogen (secondary N) is 1. The van der Waals surface area contributed by atoms with Gasteiger partial charge in [-0.25, -0.2) is 15.0 Å². The first-order valence-electron chi connectivity index (χ1n) is 13.5. The average Bonchev–Trinajstić information content (AvgIpc) is 3.66. The van der Waals surface area contributed by atoms with Crippen LogP contribution in [0.5, 0.6) is 0 Å². The number of aryl methyl sites for hydroxylation is 1. The van der Waals surface area contributed by atoms with Gasteiger partial charge in [0, 0.05) is 43.6 Å². The number of carboxylic acids is 1. The second-order valence-corrected chi connectivity index (χ2v) is 11.6. The molecular weight excluding hydrogens is 534 g/mol. The summed E-state index contributed by atoms with van der Waals surface area (Å²) < 4.78 is 0. The van der Waals surface area contributed by atoms with E-state index >= 15 is 0 Å². The van der Waals surface area contributed by atoms with Crippen molar-refractivity contribution in [3.63, 3.8) is 0 Å². The number of thiazole rings is 1. The molecule has 210 valence electrons. The summed E-state index contributed by atoms with van der Waals surface area (Å²) in [7, 11) is 0. The third kappa shape index (κ3) is 7.38. The van der Waals surface area contributed by atoms with Gasteiger partial charge in [-0.2, -0.15) is 0 Å². The first kappa shape index (κ1) is 29.1. The van der Waals surface area contributed by atoms with Gasteiger partial charge in [0.2, 0.25) is 0 Å². The topological polar surface area (TPSA) is 115 Å². The van der Waals surface area contributed by atoms with Crippen LogP contribution in [0.25, 0.3) is 10.6 Å². The fraction of sp³-hybridized carbons (Fsp3) is 0.519. The molecule has 3 aromatic rings. The number of nitrogens with zero attached hydrogens (tertiary/aromatic N) is 6. The highest BCUT2D eigenvalue weighted by Crippen LogP contribution is 2.36. The Labute approximate surface area is 237 Å². The summed E-state index contributed by atoms with van der Waals surface area (Å²) in [5, 5.41) is 14.6. The van der Waals surface area contributed by atoms with E-state index in [1.165, 1.54) is 35.9 Å². The lowest BCUT2D eigenvalue weighted by molar-refractivity contribution is -0.138. The molecule has 5 heterocycles. The molecule has 12 heteroatoms. The molecule has 1 unspecified atom stereocenters. The molecule has 1 amide bonds. The van der Waals surface area contributed by atoms with E-state index in [4.69, 9.17) is 10.1 Å². The second kappa shape index (κ2) is 13.4. The Kier molecular flexibility index (Phi) is 10.0. The number of carbonyl (C=O) groups excluding carboxylic acids is 1. The quantitative estimate of drug-likeness (QED) is 0.405. The Morgan fingerprint density at radius 1 is 1.13 bits per heavy atom. The maximum absolute atomic E-state index is 13.0. The van der Waals surface area contributed by atoms with Crippen molar-refractivity contribution in [2.75, 3.05) is 49.5 Å². The molecule has 1 atom stereocenters. The van der Waals surface area contributed by atoms with Crippen LogP contribution in [-0.4, -0.2) is 87.0 Å². The van der Waals surface area contributed by atoms with Crippen LogP contribution < -0.4 is 10.2 Å². The Hall–Kier alpha value is -2.93. The van der Waals surface area contributed by atoms with Crippen LogP contribution in [0.3, 0.4) is 0 Å². The van der Waals surface area contributed by atoms with Crippen molar-refractivity contribution in [2.45, 2.75) is 53.1 Å². The molecule has 0 spiro atoms. The van der Waals surface area contributed by atoms with E-state index in [1.807, 2.05) is 18.7 Å². The molecule has 0 aliphatic carbocycles. The molecule has 2 N–H and O–H groups in total. The number of likely N-dealkylation sites (tertiary alicyclic amines) is 1. The van der Waals surface area contributed by atoms with Crippen molar-refractivity contribution in [1.82, 2.24) is 24.8 Å². The Balaban J connectivity index is 0.00000172. The first-order chi connectivity index (χ1) is 18.9. The predicted octanol–water partition coefficient (Wildman–Crippen LogP) is 4.44. The molecule has 39 heavy (non-hydrogen) atoms. The van der Waals surface area contributed by atoms with Gasteiger partial charge in [0.1, 0.15) is 11.5 Å². The van der Waals surface area contributed by atoms with E-state index in [0.717, 1.165) is 28.5 Å². The number of thiophene rings is 1. The summed E-state index contributed by atoms with van der Waals surface area (Å²) >= 11 is 3.20. The van der Waals surface area contributed by atoms with Crippen molar-refractivity contribution in [3.8, 4) is 10.6 Å². The first-order valence-corrected chi connectivity index (χ1v) is 15.2. The molecule has 2 fully saturated rings. The van der Waals surface area contributed by atoms with E-state index in [9.17, 15) is 9.59 Å². The summed E-state index contributed by atoms with van der Waals surface area (Å²) in [5.41, 5.74) is 2.38. The van der Waals surface area contributed by atoms with Gasteiger partial charge in [0.25, 0.3) is 5.91 Å². The normalized spacial score (nSPS) is 18.1. The molecular formula is C27H37N7O3S2. The zero-order valence-electron chi connectivity index (χ0n) is 23.0.